The first-order valence-corrected chi connectivity index (χ1v) is 11.0. The van der Waals surface area contributed by atoms with Gasteiger partial charge in [-0.3, -0.25) is 4.79 Å². The molecule has 160 valence electrons. The zero-order valence-electron chi connectivity index (χ0n) is 16.9. The van der Waals surface area contributed by atoms with Crippen molar-refractivity contribution in [2.45, 2.75) is 6.61 Å². The molecule has 0 radical (unpaired) electrons. The molecule has 0 saturated heterocycles. The highest BCUT2D eigenvalue weighted by Crippen LogP contribution is 2.26. The second-order valence-electron chi connectivity index (χ2n) is 6.91. The lowest BCUT2D eigenvalue weighted by atomic mass is 10.1. The third-order valence-corrected chi connectivity index (χ3v) is 5.55. The second kappa shape index (κ2) is 10.3. The molecule has 1 N–H and O–H groups in total. The number of ether oxygens (including phenoxy) is 1. The largest absolute Gasteiger partial charge is 0.488 e. The molecule has 0 fully saturated rings. The number of hydrogen-bond donors (Lipinski definition) is 1. The lowest BCUT2D eigenvalue weighted by molar-refractivity contribution is 0.0955. The molecule has 3 aromatic carbocycles. The Morgan fingerprint density at radius 2 is 1.78 bits per heavy atom. The summed E-state index contributed by atoms with van der Waals surface area (Å²) in [7, 11) is 0. The van der Waals surface area contributed by atoms with Crippen molar-refractivity contribution in [3.05, 3.63) is 117 Å². The number of nitrogens with zero attached hydrogens (tertiary/aromatic N) is 2. The molecule has 7 heteroatoms. The van der Waals surface area contributed by atoms with Crippen molar-refractivity contribution < 1.29 is 9.53 Å². The number of halogens is 2. The quantitative estimate of drug-likeness (QED) is 0.237. The Balaban J connectivity index is 1.38. The third-order valence-electron chi connectivity index (χ3n) is 4.67. The van der Waals surface area contributed by atoms with Crippen molar-refractivity contribution in [1.82, 2.24) is 9.99 Å². The number of nitrogens with one attached hydrogen (secondary N) is 1. The van der Waals surface area contributed by atoms with E-state index < -0.39 is 0 Å². The van der Waals surface area contributed by atoms with E-state index >= 15 is 0 Å². The Bertz CT molecular complexity index is 1240. The molecule has 0 atom stereocenters. The number of carbonyl (C=O) groups is 1. The van der Waals surface area contributed by atoms with Gasteiger partial charge in [-0.15, -0.1) is 0 Å². The summed E-state index contributed by atoms with van der Waals surface area (Å²) in [6, 6.07) is 24.3. The summed E-state index contributed by atoms with van der Waals surface area (Å²) in [5, 5.41) is 4.80. The minimum Gasteiger partial charge on any atom is -0.488 e. The summed E-state index contributed by atoms with van der Waals surface area (Å²) in [5.41, 5.74) is 5.75. The van der Waals surface area contributed by atoms with E-state index in [0.717, 1.165) is 21.3 Å². The summed E-state index contributed by atoms with van der Waals surface area (Å²) in [4.78, 5) is 12.6. The number of aromatic nitrogens is 1. The number of hydrogen-bond acceptors (Lipinski definition) is 3. The topological polar surface area (TPSA) is 55.6 Å². The molecular formula is C25H19BrClN3O2. The number of para-hydroxylation sites is 1. The Morgan fingerprint density at radius 1 is 1.03 bits per heavy atom. The van der Waals surface area contributed by atoms with Crippen LogP contribution in [0.1, 0.15) is 21.5 Å². The van der Waals surface area contributed by atoms with Gasteiger partial charge in [0, 0.05) is 17.4 Å². The lowest BCUT2D eigenvalue weighted by Crippen LogP contribution is -2.19. The highest BCUT2D eigenvalue weighted by molar-refractivity contribution is 9.10. The van der Waals surface area contributed by atoms with E-state index in [4.69, 9.17) is 16.3 Å². The molecule has 0 aliphatic carbocycles. The predicted octanol–water partition coefficient (Wildman–Crippen LogP) is 6.24. The van der Waals surface area contributed by atoms with Crippen LogP contribution in [-0.4, -0.2) is 16.7 Å². The minimum atomic E-state index is -0.285. The molecule has 4 rings (SSSR count). The van der Waals surface area contributed by atoms with Gasteiger partial charge in [0.15, 0.2) is 0 Å². The summed E-state index contributed by atoms with van der Waals surface area (Å²) < 4.78 is 8.54. The zero-order chi connectivity index (χ0) is 22.3. The van der Waals surface area contributed by atoms with E-state index in [1.54, 1.807) is 12.3 Å². The van der Waals surface area contributed by atoms with Crippen molar-refractivity contribution in [3.63, 3.8) is 0 Å². The molecule has 1 heterocycles. The van der Waals surface area contributed by atoms with Gasteiger partial charge < -0.3 is 9.30 Å². The van der Waals surface area contributed by atoms with Crippen molar-refractivity contribution >= 4 is 39.7 Å². The zero-order valence-corrected chi connectivity index (χ0v) is 19.3. The average molecular weight is 509 g/mol. The third kappa shape index (κ3) is 5.46. The van der Waals surface area contributed by atoms with Gasteiger partial charge in [0.05, 0.1) is 21.9 Å². The standard InChI is InChI=1S/C25H19BrClN3O2/c26-22-15-19(9-12-24(22)32-17-18-7-10-20(27)11-8-18)16-28-29-25(31)21-5-1-2-6-23(21)30-13-3-4-14-30/h1-16H,17H2,(H,29,31)/b28-16-. The molecule has 5 nitrogen and oxygen atoms in total. The Morgan fingerprint density at radius 3 is 2.53 bits per heavy atom. The molecule has 1 amide bonds. The number of rotatable bonds is 7. The smallest absolute Gasteiger partial charge is 0.273 e. The van der Waals surface area contributed by atoms with Crippen LogP contribution < -0.4 is 10.2 Å². The molecule has 1 aromatic heterocycles. The van der Waals surface area contributed by atoms with Gasteiger partial charge in [0.1, 0.15) is 12.4 Å². The molecule has 0 saturated carbocycles. The molecule has 4 aromatic rings. The van der Waals surface area contributed by atoms with Crippen LogP contribution in [0.4, 0.5) is 0 Å². The summed E-state index contributed by atoms with van der Waals surface area (Å²) in [6.45, 7) is 0.431. The van der Waals surface area contributed by atoms with Crippen molar-refractivity contribution in [1.29, 1.82) is 0 Å². The maximum absolute atomic E-state index is 12.6. The number of amides is 1. The molecule has 0 spiro atoms. The highest BCUT2D eigenvalue weighted by Gasteiger charge is 2.11. The van der Waals surface area contributed by atoms with E-state index in [1.165, 1.54) is 0 Å². The van der Waals surface area contributed by atoms with Gasteiger partial charge >= 0.3 is 0 Å². The number of benzene rings is 3. The maximum Gasteiger partial charge on any atom is 0.273 e. The fourth-order valence-electron chi connectivity index (χ4n) is 3.07. The normalized spacial score (nSPS) is 10.9. The Hall–Kier alpha value is -3.35. The highest BCUT2D eigenvalue weighted by atomic mass is 79.9. The van der Waals surface area contributed by atoms with Gasteiger partial charge in [0.2, 0.25) is 0 Å². The van der Waals surface area contributed by atoms with E-state index in [9.17, 15) is 4.79 Å². The van der Waals surface area contributed by atoms with Crippen LogP contribution in [0.25, 0.3) is 5.69 Å². The van der Waals surface area contributed by atoms with E-state index in [-0.39, 0.29) is 5.91 Å². The van der Waals surface area contributed by atoms with Crippen LogP contribution in [0, 0.1) is 0 Å². The van der Waals surface area contributed by atoms with Crippen molar-refractivity contribution in [2.75, 3.05) is 0 Å². The van der Waals surface area contributed by atoms with Crippen LogP contribution in [-0.2, 0) is 6.61 Å². The van der Waals surface area contributed by atoms with Gasteiger partial charge in [-0.1, -0.05) is 35.9 Å². The summed E-state index contributed by atoms with van der Waals surface area (Å²) in [5.74, 6) is 0.425. The van der Waals surface area contributed by atoms with E-state index in [0.29, 0.717) is 22.9 Å². The lowest BCUT2D eigenvalue weighted by Gasteiger charge is -2.09. The Kier molecular flexibility index (Phi) is 7.04. The van der Waals surface area contributed by atoms with Crippen molar-refractivity contribution in [2.24, 2.45) is 5.10 Å². The molecular weight excluding hydrogens is 490 g/mol. The fourth-order valence-corrected chi connectivity index (χ4v) is 3.70. The molecule has 0 bridgehead atoms. The summed E-state index contributed by atoms with van der Waals surface area (Å²) >= 11 is 9.43. The molecule has 0 unspecified atom stereocenters. The first-order chi connectivity index (χ1) is 15.6. The first kappa shape index (κ1) is 21.9. The second-order valence-corrected chi connectivity index (χ2v) is 8.20. The van der Waals surface area contributed by atoms with Gasteiger partial charge in [-0.25, -0.2) is 5.43 Å². The SMILES string of the molecule is O=C(N/N=C\c1ccc(OCc2ccc(Cl)cc2)c(Br)c1)c1ccccc1-n1cccc1. The Labute approximate surface area is 199 Å². The van der Waals surface area contributed by atoms with Crippen LogP contribution in [0.15, 0.2) is 101 Å². The van der Waals surface area contributed by atoms with Crippen LogP contribution in [0.3, 0.4) is 0 Å². The maximum atomic E-state index is 12.6. The monoisotopic (exact) mass is 507 g/mol. The van der Waals surface area contributed by atoms with Crippen molar-refractivity contribution in [3.8, 4) is 11.4 Å². The average Bonchev–Trinajstić information content (AvgIpc) is 3.34. The van der Waals surface area contributed by atoms with Crippen LogP contribution in [0.5, 0.6) is 5.75 Å². The molecule has 0 aliphatic rings. The van der Waals surface area contributed by atoms with E-state index in [1.807, 2.05) is 89.8 Å². The predicted molar refractivity (Wildman–Crippen MR) is 131 cm³/mol. The molecule has 32 heavy (non-hydrogen) atoms. The first-order valence-electron chi connectivity index (χ1n) is 9.83. The van der Waals surface area contributed by atoms with Gasteiger partial charge in [-0.2, -0.15) is 5.10 Å². The number of hydrazone groups is 1. The van der Waals surface area contributed by atoms with Gasteiger partial charge in [-0.05, 0) is 81.7 Å². The summed E-state index contributed by atoms with van der Waals surface area (Å²) in [6.07, 6.45) is 5.37. The number of carbonyl (C=O) groups excluding carboxylic acids is 1. The van der Waals surface area contributed by atoms with Crippen LogP contribution >= 0.6 is 27.5 Å². The molecule has 0 aliphatic heterocycles. The van der Waals surface area contributed by atoms with E-state index in [2.05, 4.69) is 26.5 Å². The fraction of sp³-hybridized carbons (Fsp3) is 0.0400. The van der Waals surface area contributed by atoms with Crippen LogP contribution in [0.2, 0.25) is 5.02 Å². The minimum absolute atomic E-state index is 0.285. The van der Waals surface area contributed by atoms with Gasteiger partial charge in [0.25, 0.3) is 5.91 Å².